The van der Waals surface area contributed by atoms with Crippen LogP contribution in [0.4, 0.5) is 0 Å². The molecule has 1 fully saturated rings. The van der Waals surface area contributed by atoms with Crippen molar-refractivity contribution in [1.82, 2.24) is 20.0 Å². The summed E-state index contributed by atoms with van der Waals surface area (Å²) < 4.78 is 7.29. The summed E-state index contributed by atoms with van der Waals surface area (Å²) in [6.07, 6.45) is 1.82. The first kappa shape index (κ1) is 17.0. The lowest BCUT2D eigenvalue weighted by molar-refractivity contribution is -0.0175. The highest BCUT2D eigenvalue weighted by molar-refractivity contribution is 6.32. The highest BCUT2D eigenvalue weighted by Crippen LogP contribution is 2.20. The number of halogens is 1. The molecular weight excluding hydrogens is 328 g/mol. The topological polar surface area (TPSA) is 59.4 Å². The van der Waals surface area contributed by atoms with Crippen molar-refractivity contribution in [1.29, 1.82) is 0 Å². The van der Waals surface area contributed by atoms with Crippen molar-refractivity contribution in [3.63, 3.8) is 0 Å². The van der Waals surface area contributed by atoms with E-state index in [-0.39, 0.29) is 12.0 Å². The minimum atomic E-state index is -0.199. The van der Waals surface area contributed by atoms with Crippen LogP contribution in [0.1, 0.15) is 16.1 Å². The van der Waals surface area contributed by atoms with Gasteiger partial charge in [-0.15, -0.1) is 0 Å². The van der Waals surface area contributed by atoms with Gasteiger partial charge in [0.2, 0.25) is 0 Å². The van der Waals surface area contributed by atoms with E-state index in [2.05, 4.69) is 15.3 Å². The molecule has 3 rings (SSSR count). The van der Waals surface area contributed by atoms with Gasteiger partial charge in [0.25, 0.3) is 5.91 Å². The Morgan fingerprint density at radius 3 is 3.00 bits per heavy atom. The van der Waals surface area contributed by atoms with Crippen LogP contribution in [-0.4, -0.2) is 60.0 Å². The zero-order chi connectivity index (χ0) is 17.1. The van der Waals surface area contributed by atoms with Crippen molar-refractivity contribution in [3.05, 3.63) is 46.7 Å². The maximum Gasteiger partial charge on any atom is 0.272 e. The van der Waals surface area contributed by atoms with E-state index >= 15 is 0 Å². The molecule has 0 spiro atoms. The number of benzene rings is 1. The van der Waals surface area contributed by atoms with E-state index in [1.54, 1.807) is 16.9 Å². The fourth-order valence-corrected chi connectivity index (χ4v) is 2.95. The van der Waals surface area contributed by atoms with E-state index in [4.69, 9.17) is 16.3 Å². The Kier molecular flexibility index (Phi) is 5.18. The molecule has 6 nitrogen and oxygen atoms in total. The molecule has 1 aliphatic rings. The number of aromatic nitrogens is 2. The smallest absolute Gasteiger partial charge is 0.272 e. The average Bonchev–Trinajstić information content (AvgIpc) is 2.95. The molecule has 128 valence electrons. The third-order valence-corrected chi connectivity index (χ3v) is 4.36. The van der Waals surface area contributed by atoms with E-state index in [1.165, 1.54) is 0 Å². The molecule has 2 heterocycles. The zero-order valence-electron chi connectivity index (χ0n) is 13.8. The normalized spacial score (nSPS) is 18.5. The molecule has 1 unspecified atom stereocenters. The number of aryl methyl sites for hydroxylation is 1. The molecular formula is C17H21ClN4O2. The van der Waals surface area contributed by atoms with Crippen LogP contribution in [-0.2, 0) is 4.74 Å². The monoisotopic (exact) mass is 348 g/mol. The predicted molar refractivity (Wildman–Crippen MR) is 92.9 cm³/mol. The van der Waals surface area contributed by atoms with Gasteiger partial charge in [0, 0.05) is 31.4 Å². The number of ether oxygens (including phenoxy) is 1. The Balaban J connectivity index is 1.68. The Labute approximate surface area is 146 Å². The molecule has 1 aromatic carbocycles. The van der Waals surface area contributed by atoms with E-state index in [0.717, 1.165) is 24.3 Å². The number of carbonyl (C=O) groups excluding carboxylic acids is 1. The number of amides is 1. The molecule has 0 radical (unpaired) electrons. The van der Waals surface area contributed by atoms with Crippen LogP contribution in [0, 0.1) is 6.92 Å². The van der Waals surface area contributed by atoms with Crippen molar-refractivity contribution < 1.29 is 9.53 Å². The van der Waals surface area contributed by atoms with E-state index < -0.39 is 0 Å². The number of rotatable bonds is 4. The largest absolute Gasteiger partial charge is 0.374 e. The molecule has 1 aromatic heterocycles. The second-order valence-electron chi connectivity index (χ2n) is 6.02. The highest BCUT2D eigenvalue weighted by atomic mass is 35.5. The summed E-state index contributed by atoms with van der Waals surface area (Å²) in [4.78, 5) is 14.6. The van der Waals surface area contributed by atoms with Gasteiger partial charge < -0.3 is 15.0 Å². The minimum absolute atomic E-state index is 0.0126. The quantitative estimate of drug-likeness (QED) is 0.916. The van der Waals surface area contributed by atoms with Crippen molar-refractivity contribution >= 4 is 17.5 Å². The van der Waals surface area contributed by atoms with Crippen molar-refractivity contribution in [2.75, 3.05) is 33.3 Å². The molecule has 1 aliphatic heterocycles. The maximum atomic E-state index is 12.4. The van der Waals surface area contributed by atoms with Gasteiger partial charge >= 0.3 is 0 Å². The summed E-state index contributed by atoms with van der Waals surface area (Å²) in [6.45, 7) is 4.76. The summed E-state index contributed by atoms with van der Waals surface area (Å²) in [7, 11) is 2.05. The van der Waals surface area contributed by atoms with Gasteiger partial charge in [-0.3, -0.25) is 4.79 Å². The fraction of sp³-hybridized carbons (Fsp3) is 0.412. The van der Waals surface area contributed by atoms with Gasteiger partial charge in [0.05, 0.1) is 23.4 Å². The van der Waals surface area contributed by atoms with Crippen molar-refractivity contribution in [3.8, 4) is 5.69 Å². The highest BCUT2D eigenvalue weighted by Gasteiger charge is 2.20. The van der Waals surface area contributed by atoms with Gasteiger partial charge in [-0.05, 0) is 26.1 Å². The van der Waals surface area contributed by atoms with Gasteiger partial charge in [0.15, 0.2) is 5.69 Å². The first-order chi connectivity index (χ1) is 11.5. The van der Waals surface area contributed by atoms with Crippen LogP contribution in [0.2, 0.25) is 5.02 Å². The summed E-state index contributed by atoms with van der Waals surface area (Å²) in [5, 5.41) is 7.89. The Bertz CT molecular complexity index is 731. The Hall–Kier alpha value is -1.89. The first-order valence-electron chi connectivity index (χ1n) is 7.94. The molecule has 24 heavy (non-hydrogen) atoms. The standard InChI is InChI=1S/C17H21ClN4O2/c1-12-10-22(15-6-4-3-5-14(15)18)20-16(12)17(23)19-9-13-11-21(2)7-8-24-13/h3-6,10,13H,7-9,11H2,1-2H3,(H,19,23). The van der Waals surface area contributed by atoms with Crippen LogP contribution >= 0.6 is 11.6 Å². The number of carbonyl (C=O) groups is 1. The SMILES string of the molecule is Cc1cn(-c2ccccc2Cl)nc1C(=O)NCC1CN(C)CCO1. The molecule has 1 saturated heterocycles. The number of nitrogens with one attached hydrogen (secondary N) is 1. The number of hydrogen-bond acceptors (Lipinski definition) is 4. The average molecular weight is 349 g/mol. The lowest BCUT2D eigenvalue weighted by atomic mass is 10.2. The van der Waals surface area contributed by atoms with Crippen molar-refractivity contribution in [2.45, 2.75) is 13.0 Å². The summed E-state index contributed by atoms with van der Waals surface area (Å²) >= 11 is 6.19. The maximum absolute atomic E-state index is 12.4. The number of morpholine rings is 1. The van der Waals surface area contributed by atoms with E-state index in [1.807, 2.05) is 32.2 Å². The van der Waals surface area contributed by atoms with Gasteiger partial charge in [-0.2, -0.15) is 5.10 Å². The number of para-hydroxylation sites is 1. The van der Waals surface area contributed by atoms with Gasteiger partial charge in [-0.25, -0.2) is 4.68 Å². The predicted octanol–water partition coefficient (Wildman–Crippen LogP) is 1.89. The number of nitrogens with zero attached hydrogens (tertiary/aromatic N) is 3. The summed E-state index contributed by atoms with van der Waals surface area (Å²) in [5.41, 5.74) is 1.95. The van der Waals surface area contributed by atoms with Crippen LogP contribution in [0.5, 0.6) is 0 Å². The molecule has 0 bridgehead atoms. The summed E-state index contributed by atoms with van der Waals surface area (Å²) in [6, 6.07) is 7.40. The Morgan fingerprint density at radius 1 is 1.46 bits per heavy atom. The van der Waals surface area contributed by atoms with Gasteiger partial charge in [-0.1, -0.05) is 23.7 Å². The van der Waals surface area contributed by atoms with Crippen LogP contribution in [0.15, 0.2) is 30.5 Å². The Morgan fingerprint density at radius 2 is 2.25 bits per heavy atom. The molecule has 0 saturated carbocycles. The lowest BCUT2D eigenvalue weighted by Crippen LogP contribution is -2.46. The second kappa shape index (κ2) is 7.34. The van der Waals surface area contributed by atoms with E-state index in [0.29, 0.717) is 23.9 Å². The number of hydrogen-bond donors (Lipinski definition) is 1. The fourth-order valence-electron chi connectivity index (χ4n) is 2.73. The van der Waals surface area contributed by atoms with E-state index in [9.17, 15) is 4.79 Å². The molecule has 0 aliphatic carbocycles. The minimum Gasteiger partial charge on any atom is -0.374 e. The first-order valence-corrected chi connectivity index (χ1v) is 8.32. The molecule has 1 atom stereocenters. The third-order valence-electron chi connectivity index (χ3n) is 4.04. The molecule has 7 heteroatoms. The lowest BCUT2D eigenvalue weighted by Gasteiger charge is -2.30. The van der Waals surface area contributed by atoms with Crippen molar-refractivity contribution in [2.24, 2.45) is 0 Å². The second-order valence-corrected chi connectivity index (χ2v) is 6.43. The molecule has 2 aromatic rings. The number of likely N-dealkylation sites (N-methyl/N-ethyl adjacent to an activating group) is 1. The van der Waals surface area contributed by atoms with Gasteiger partial charge in [0.1, 0.15) is 0 Å². The molecule has 1 N–H and O–H groups in total. The molecule has 1 amide bonds. The van der Waals surface area contributed by atoms with Crippen LogP contribution < -0.4 is 5.32 Å². The van der Waals surface area contributed by atoms with Crippen LogP contribution in [0.3, 0.4) is 0 Å². The third kappa shape index (κ3) is 3.77. The zero-order valence-corrected chi connectivity index (χ0v) is 14.6. The van der Waals surface area contributed by atoms with Crippen LogP contribution in [0.25, 0.3) is 5.69 Å². The summed E-state index contributed by atoms with van der Waals surface area (Å²) in [5.74, 6) is -0.199.